The lowest BCUT2D eigenvalue weighted by Gasteiger charge is -2.10. The smallest absolute Gasteiger partial charge is 0.343 e. The van der Waals surface area contributed by atoms with Crippen molar-refractivity contribution in [3.05, 3.63) is 95.1 Å². The molecule has 0 aromatic heterocycles. The second-order valence-electron chi connectivity index (χ2n) is 6.21. The molecule has 0 bridgehead atoms. The average Bonchev–Trinajstić information content (AvgIpc) is 2.73. The number of benzene rings is 3. The van der Waals surface area contributed by atoms with Crippen LogP contribution >= 0.6 is 0 Å². The molecule has 0 saturated heterocycles. The number of carbonyl (C=O) groups is 1. The van der Waals surface area contributed by atoms with E-state index in [0.717, 1.165) is 16.7 Å². The van der Waals surface area contributed by atoms with E-state index in [2.05, 4.69) is 6.07 Å². The minimum atomic E-state index is -0.452. The molecule has 3 aromatic carbocycles. The molecule has 0 aliphatic rings. The van der Waals surface area contributed by atoms with E-state index in [-0.39, 0.29) is 0 Å². The van der Waals surface area contributed by atoms with Gasteiger partial charge in [0.2, 0.25) is 0 Å². The SMILES string of the molecule is COc1cc(C=C(C#N)c2ccccc2)ccc1OC(=O)c1cccc(C)c1. The van der Waals surface area contributed by atoms with Crippen LogP contribution in [0.5, 0.6) is 11.5 Å². The third-order valence-electron chi connectivity index (χ3n) is 4.16. The van der Waals surface area contributed by atoms with Gasteiger partial charge in [-0.05, 0) is 48.4 Å². The molecule has 0 aliphatic carbocycles. The summed E-state index contributed by atoms with van der Waals surface area (Å²) in [5.74, 6) is 0.289. The molecular formula is C24H19NO3. The Labute approximate surface area is 164 Å². The summed E-state index contributed by atoms with van der Waals surface area (Å²) >= 11 is 0. The van der Waals surface area contributed by atoms with Crippen molar-refractivity contribution in [1.29, 1.82) is 5.26 Å². The van der Waals surface area contributed by atoms with Crippen molar-refractivity contribution in [2.45, 2.75) is 6.92 Å². The van der Waals surface area contributed by atoms with Crippen molar-refractivity contribution < 1.29 is 14.3 Å². The number of ether oxygens (including phenoxy) is 2. The van der Waals surface area contributed by atoms with E-state index in [9.17, 15) is 10.1 Å². The Morgan fingerprint density at radius 2 is 1.68 bits per heavy atom. The average molecular weight is 369 g/mol. The van der Waals surface area contributed by atoms with E-state index >= 15 is 0 Å². The van der Waals surface area contributed by atoms with Gasteiger partial charge in [0, 0.05) is 0 Å². The Morgan fingerprint density at radius 3 is 2.36 bits per heavy atom. The predicted octanol–water partition coefficient (Wildman–Crippen LogP) is 5.29. The van der Waals surface area contributed by atoms with E-state index in [1.807, 2.05) is 49.4 Å². The predicted molar refractivity (Wildman–Crippen MR) is 109 cm³/mol. The zero-order valence-corrected chi connectivity index (χ0v) is 15.7. The van der Waals surface area contributed by atoms with Crippen LogP contribution in [0.3, 0.4) is 0 Å². The van der Waals surface area contributed by atoms with Crippen LogP contribution < -0.4 is 9.47 Å². The van der Waals surface area contributed by atoms with Crippen molar-refractivity contribution in [3.63, 3.8) is 0 Å². The van der Waals surface area contributed by atoms with Gasteiger partial charge in [-0.1, -0.05) is 54.1 Å². The highest BCUT2D eigenvalue weighted by molar-refractivity contribution is 5.92. The second-order valence-corrected chi connectivity index (χ2v) is 6.21. The van der Waals surface area contributed by atoms with Gasteiger partial charge in [-0.3, -0.25) is 0 Å². The van der Waals surface area contributed by atoms with Gasteiger partial charge in [0.15, 0.2) is 11.5 Å². The molecule has 4 heteroatoms. The van der Waals surface area contributed by atoms with Crippen molar-refractivity contribution in [2.24, 2.45) is 0 Å². The molecule has 0 unspecified atom stereocenters. The minimum Gasteiger partial charge on any atom is -0.493 e. The van der Waals surface area contributed by atoms with E-state index in [4.69, 9.17) is 9.47 Å². The van der Waals surface area contributed by atoms with Crippen LogP contribution in [-0.4, -0.2) is 13.1 Å². The first kappa shape index (κ1) is 18.9. The molecule has 0 fully saturated rings. The largest absolute Gasteiger partial charge is 0.493 e. The number of nitrogens with zero attached hydrogens (tertiary/aromatic N) is 1. The number of nitriles is 1. The molecule has 0 atom stereocenters. The van der Waals surface area contributed by atoms with Gasteiger partial charge in [0.25, 0.3) is 0 Å². The fraction of sp³-hybridized carbons (Fsp3) is 0.0833. The lowest BCUT2D eigenvalue weighted by molar-refractivity contribution is 0.0729. The zero-order valence-electron chi connectivity index (χ0n) is 15.7. The lowest BCUT2D eigenvalue weighted by atomic mass is 10.0. The fourth-order valence-electron chi connectivity index (χ4n) is 2.75. The number of methoxy groups -OCH3 is 1. The van der Waals surface area contributed by atoms with Crippen LogP contribution in [0.25, 0.3) is 11.6 Å². The third kappa shape index (κ3) is 4.46. The highest BCUT2D eigenvalue weighted by atomic mass is 16.6. The van der Waals surface area contributed by atoms with Crippen molar-refractivity contribution >= 4 is 17.6 Å². The Hall–Kier alpha value is -3.84. The second kappa shape index (κ2) is 8.70. The molecule has 3 rings (SSSR count). The van der Waals surface area contributed by atoms with Gasteiger partial charge in [-0.25, -0.2) is 4.79 Å². The monoisotopic (exact) mass is 369 g/mol. The number of allylic oxidation sites excluding steroid dienone is 1. The summed E-state index contributed by atoms with van der Waals surface area (Å²) in [5.41, 5.74) is 3.59. The van der Waals surface area contributed by atoms with E-state index in [1.165, 1.54) is 7.11 Å². The Kier molecular flexibility index (Phi) is 5.88. The maximum absolute atomic E-state index is 12.4. The number of aryl methyl sites for hydroxylation is 1. The summed E-state index contributed by atoms with van der Waals surface area (Å²) in [7, 11) is 1.51. The first-order valence-corrected chi connectivity index (χ1v) is 8.75. The molecule has 0 heterocycles. The molecule has 0 amide bonds. The molecule has 0 saturated carbocycles. The van der Waals surface area contributed by atoms with Crippen molar-refractivity contribution in [2.75, 3.05) is 7.11 Å². The van der Waals surface area contributed by atoms with Gasteiger partial charge >= 0.3 is 5.97 Å². The Bertz CT molecular complexity index is 1060. The molecule has 0 radical (unpaired) electrons. The van der Waals surface area contributed by atoms with Crippen LogP contribution in [0.4, 0.5) is 0 Å². The molecule has 0 aliphatic heterocycles. The van der Waals surface area contributed by atoms with Crippen LogP contribution in [0.15, 0.2) is 72.8 Å². The maximum Gasteiger partial charge on any atom is 0.343 e. The summed E-state index contributed by atoms with van der Waals surface area (Å²) in [4.78, 5) is 12.4. The fourth-order valence-corrected chi connectivity index (χ4v) is 2.75. The van der Waals surface area contributed by atoms with Crippen LogP contribution in [-0.2, 0) is 0 Å². The number of esters is 1. The van der Waals surface area contributed by atoms with Gasteiger partial charge in [0.05, 0.1) is 24.3 Å². The highest BCUT2D eigenvalue weighted by Gasteiger charge is 2.13. The van der Waals surface area contributed by atoms with Crippen LogP contribution in [0, 0.1) is 18.3 Å². The van der Waals surface area contributed by atoms with E-state index in [0.29, 0.717) is 22.6 Å². The quantitative estimate of drug-likeness (QED) is 0.265. The zero-order chi connectivity index (χ0) is 19.9. The van der Waals surface area contributed by atoms with Crippen molar-refractivity contribution in [1.82, 2.24) is 0 Å². The van der Waals surface area contributed by atoms with Gasteiger partial charge in [-0.15, -0.1) is 0 Å². The summed E-state index contributed by atoms with van der Waals surface area (Å²) in [6.07, 6.45) is 1.77. The summed E-state index contributed by atoms with van der Waals surface area (Å²) in [5, 5.41) is 9.47. The van der Waals surface area contributed by atoms with E-state index in [1.54, 1.807) is 36.4 Å². The minimum absolute atomic E-state index is 0.323. The van der Waals surface area contributed by atoms with E-state index < -0.39 is 5.97 Å². The number of carbonyl (C=O) groups excluding carboxylic acids is 1. The normalized spacial score (nSPS) is 10.8. The summed E-state index contributed by atoms with van der Waals surface area (Å²) in [6, 6.07) is 24.0. The Balaban J connectivity index is 1.87. The van der Waals surface area contributed by atoms with Gasteiger partial charge in [0.1, 0.15) is 0 Å². The lowest BCUT2D eigenvalue weighted by Crippen LogP contribution is -2.09. The van der Waals surface area contributed by atoms with Gasteiger partial charge in [-0.2, -0.15) is 5.26 Å². The summed E-state index contributed by atoms with van der Waals surface area (Å²) in [6.45, 7) is 1.91. The molecule has 28 heavy (non-hydrogen) atoms. The summed E-state index contributed by atoms with van der Waals surface area (Å²) < 4.78 is 10.9. The molecule has 0 spiro atoms. The first-order valence-electron chi connectivity index (χ1n) is 8.75. The number of hydrogen-bond acceptors (Lipinski definition) is 4. The third-order valence-corrected chi connectivity index (χ3v) is 4.16. The van der Waals surface area contributed by atoms with Crippen molar-refractivity contribution in [3.8, 4) is 17.6 Å². The maximum atomic E-state index is 12.4. The first-order chi connectivity index (χ1) is 13.6. The molecule has 0 N–H and O–H groups in total. The molecule has 3 aromatic rings. The number of hydrogen-bond donors (Lipinski definition) is 0. The van der Waals surface area contributed by atoms with Crippen LogP contribution in [0.1, 0.15) is 27.0 Å². The molecule has 138 valence electrons. The Morgan fingerprint density at radius 1 is 0.929 bits per heavy atom. The standard InChI is InChI=1S/C24H19NO3/c1-17-7-6-10-20(13-17)24(26)28-22-12-11-18(15-23(22)27-2)14-21(16-25)19-8-4-3-5-9-19/h3-15H,1-2H3. The van der Waals surface area contributed by atoms with Crippen LogP contribution in [0.2, 0.25) is 0 Å². The highest BCUT2D eigenvalue weighted by Crippen LogP contribution is 2.30. The molecular weight excluding hydrogens is 350 g/mol. The molecule has 4 nitrogen and oxygen atoms in total. The topological polar surface area (TPSA) is 59.3 Å². The van der Waals surface area contributed by atoms with Gasteiger partial charge < -0.3 is 9.47 Å². The number of rotatable bonds is 5.